The number of aromatic nitrogens is 3. The Labute approximate surface area is 159 Å². The number of phenolic OH excluding ortho intramolecular Hbond substituents is 1. The van der Waals surface area contributed by atoms with Gasteiger partial charge in [-0.1, -0.05) is 30.0 Å². The van der Waals surface area contributed by atoms with Crippen LogP contribution in [0.25, 0.3) is 10.9 Å². The number of hydrogen-bond acceptors (Lipinski definition) is 6. The fourth-order valence-corrected chi connectivity index (χ4v) is 3.24. The second-order valence-corrected chi connectivity index (χ2v) is 6.56. The number of thioether (sulfide) groups is 1. The zero-order valence-corrected chi connectivity index (χ0v) is 15.3. The number of phenols is 1. The Morgan fingerprint density at radius 1 is 0.963 bits per heavy atom. The highest BCUT2D eigenvalue weighted by Gasteiger charge is 2.20. The van der Waals surface area contributed by atoms with Gasteiger partial charge in [0.2, 0.25) is 0 Å². The highest BCUT2D eigenvalue weighted by Crippen LogP contribution is 2.37. The molecule has 0 fully saturated rings. The average Bonchev–Trinajstić information content (AvgIpc) is 2.70. The molecule has 0 bridgehead atoms. The van der Waals surface area contributed by atoms with Crippen molar-refractivity contribution in [3.05, 3.63) is 77.2 Å². The van der Waals surface area contributed by atoms with Crippen LogP contribution in [0, 0.1) is 0 Å². The van der Waals surface area contributed by atoms with E-state index in [1.807, 2.05) is 41.5 Å². The van der Waals surface area contributed by atoms with Crippen LogP contribution in [0.15, 0.2) is 76.8 Å². The molecule has 4 rings (SSSR count). The Hall–Kier alpha value is -3.32. The molecule has 0 atom stereocenters. The third-order valence-corrected chi connectivity index (χ3v) is 4.64. The second-order valence-electron chi connectivity index (χ2n) is 5.79. The number of fused-ring (bicyclic) bond motifs is 1. The van der Waals surface area contributed by atoms with E-state index in [1.54, 1.807) is 36.5 Å². The molecule has 6 nitrogen and oxygen atoms in total. The Morgan fingerprint density at radius 3 is 2.37 bits per heavy atom. The maximum Gasteiger partial charge on any atom is 0.261 e. The Balaban J connectivity index is 2.06. The van der Waals surface area contributed by atoms with Gasteiger partial charge in [-0.05, 0) is 48.7 Å². The number of hydrogen-bond donors (Lipinski definition) is 2. The number of anilines is 3. The topological polar surface area (TPSA) is 82.1 Å². The first-order valence-electron chi connectivity index (χ1n) is 8.25. The molecule has 27 heavy (non-hydrogen) atoms. The first kappa shape index (κ1) is 17.1. The summed E-state index contributed by atoms with van der Waals surface area (Å²) in [4.78, 5) is 26.3. The van der Waals surface area contributed by atoms with Gasteiger partial charge in [-0.25, -0.2) is 9.97 Å². The quantitative estimate of drug-likeness (QED) is 0.410. The van der Waals surface area contributed by atoms with Crippen molar-refractivity contribution in [1.29, 1.82) is 0 Å². The SMILES string of the molecule is CSc1nc(N(c2ccccc2)c2ccc(O)cc2)c2c(=O)[nH]ccc2n1. The predicted octanol–water partition coefficient (Wildman–Crippen LogP) is 4.22. The molecular weight excluding hydrogens is 360 g/mol. The summed E-state index contributed by atoms with van der Waals surface area (Å²) >= 11 is 1.41. The number of aromatic hydroxyl groups is 1. The van der Waals surface area contributed by atoms with Gasteiger partial charge in [0, 0.05) is 17.6 Å². The predicted molar refractivity (Wildman–Crippen MR) is 108 cm³/mol. The molecular formula is C20H16N4O2S. The van der Waals surface area contributed by atoms with Crippen molar-refractivity contribution < 1.29 is 5.11 Å². The summed E-state index contributed by atoms with van der Waals surface area (Å²) < 4.78 is 0. The van der Waals surface area contributed by atoms with Gasteiger partial charge in [-0.2, -0.15) is 0 Å². The minimum atomic E-state index is -0.255. The van der Waals surface area contributed by atoms with Crippen LogP contribution in [0.2, 0.25) is 0 Å². The summed E-state index contributed by atoms with van der Waals surface area (Å²) in [6.45, 7) is 0. The molecule has 7 heteroatoms. The standard InChI is InChI=1S/C20H16N4O2S/c1-27-20-22-16-11-12-21-19(26)17(16)18(23-20)24(13-5-3-2-4-6-13)14-7-9-15(25)10-8-14/h2-12,25H,1H3,(H,21,26). The molecule has 4 aromatic rings. The number of rotatable bonds is 4. The van der Waals surface area contributed by atoms with Crippen molar-refractivity contribution in [2.75, 3.05) is 11.2 Å². The molecule has 2 N–H and O–H groups in total. The van der Waals surface area contributed by atoms with E-state index in [9.17, 15) is 9.90 Å². The van der Waals surface area contributed by atoms with Gasteiger partial charge < -0.3 is 10.1 Å². The number of para-hydroxylation sites is 1. The second kappa shape index (κ2) is 7.13. The lowest BCUT2D eigenvalue weighted by Crippen LogP contribution is -2.17. The van der Waals surface area contributed by atoms with Gasteiger partial charge in [0.1, 0.15) is 11.1 Å². The van der Waals surface area contributed by atoms with Gasteiger partial charge in [0.05, 0.1) is 5.52 Å². The molecule has 0 spiro atoms. The van der Waals surface area contributed by atoms with Crippen LogP contribution in [0.3, 0.4) is 0 Å². The first-order valence-corrected chi connectivity index (χ1v) is 9.47. The molecule has 2 heterocycles. The lowest BCUT2D eigenvalue weighted by Gasteiger charge is -2.25. The normalized spacial score (nSPS) is 10.9. The lowest BCUT2D eigenvalue weighted by molar-refractivity contribution is 0.475. The molecule has 134 valence electrons. The average molecular weight is 376 g/mol. The van der Waals surface area contributed by atoms with E-state index in [0.717, 1.165) is 11.4 Å². The molecule has 2 aromatic heterocycles. The molecule has 0 saturated carbocycles. The van der Waals surface area contributed by atoms with E-state index in [4.69, 9.17) is 0 Å². The molecule has 0 amide bonds. The van der Waals surface area contributed by atoms with E-state index in [1.165, 1.54) is 11.8 Å². The molecule has 0 aliphatic carbocycles. The van der Waals surface area contributed by atoms with Crippen LogP contribution < -0.4 is 10.5 Å². The van der Waals surface area contributed by atoms with Crippen molar-refractivity contribution in [3.63, 3.8) is 0 Å². The third kappa shape index (κ3) is 3.24. The lowest BCUT2D eigenvalue weighted by atomic mass is 10.2. The Bertz CT molecular complexity index is 1140. The largest absolute Gasteiger partial charge is 0.508 e. The fourth-order valence-electron chi connectivity index (χ4n) is 2.88. The van der Waals surface area contributed by atoms with Gasteiger partial charge in [0.15, 0.2) is 11.0 Å². The molecule has 0 aliphatic heterocycles. The summed E-state index contributed by atoms with van der Waals surface area (Å²) in [5.74, 6) is 0.657. The van der Waals surface area contributed by atoms with Crippen molar-refractivity contribution >= 4 is 39.9 Å². The van der Waals surface area contributed by atoms with Crippen LogP contribution in [0.4, 0.5) is 17.2 Å². The van der Waals surface area contributed by atoms with E-state index >= 15 is 0 Å². The number of nitrogens with one attached hydrogen (secondary N) is 1. The molecule has 0 aliphatic rings. The molecule has 0 unspecified atom stereocenters. The van der Waals surface area contributed by atoms with Crippen molar-refractivity contribution in [1.82, 2.24) is 15.0 Å². The zero-order chi connectivity index (χ0) is 18.8. The highest BCUT2D eigenvalue weighted by atomic mass is 32.2. The van der Waals surface area contributed by atoms with Crippen LogP contribution in [-0.2, 0) is 0 Å². The van der Waals surface area contributed by atoms with Gasteiger partial charge in [-0.15, -0.1) is 0 Å². The van der Waals surface area contributed by atoms with Crippen LogP contribution in [0.1, 0.15) is 0 Å². The number of benzene rings is 2. The fraction of sp³-hybridized carbons (Fsp3) is 0.0500. The summed E-state index contributed by atoms with van der Waals surface area (Å²) in [7, 11) is 0. The molecule has 0 saturated heterocycles. The number of pyridine rings is 1. The summed E-state index contributed by atoms with van der Waals surface area (Å²) in [6, 6.07) is 18.2. The number of aromatic amines is 1. The number of nitrogens with zero attached hydrogens (tertiary/aromatic N) is 3. The zero-order valence-electron chi connectivity index (χ0n) is 14.5. The van der Waals surface area contributed by atoms with Gasteiger partial charge in [-0.3, -0.25) is 9.69 Å². The summed E-state index contributed by atoms with van der Waals surface area (Å²) in [5, 5.41) is 10.7. The smallest absolute Gasteiger partial charge is 0.261 e. The number of H-pyrrole nitrogens is 1. The van der Waals surface area contributed by atoms with Gasteiger partial charge in [0.25, 0.3) is 5.56 Å². The molecule has 2 aromatic carbocycles. The van der Waals surface area contributed by atoms with Crippen molar-refractivity contribution in [3.8, 4) is 5.75 Å². The Kier molecular flexibility index (Phi) is 4.52. The van der Waals surface area contributed by atoms with Crippen molar-refractivity contribution in [2.45, 2.75) is 5.16 Å². The summed E-state index contributed by atoms with van der Waals surface area (Å²) in [6.07, 6.45) is 3.48. The minimum absolute atomic E-state index is 0.168. The van der Waals surface area contributed by atoms with Crippen molar-refractivity contribution in [2.24, 2.45) is 0 Å². The third-order valence-electron chi connectivity index (χ3n) is 4.10. The Morgan fingerprint density at radius 2 is 1.67 bits per heavy atom. The van der Waals surface area contributed by atoms with E-state index < -0.39 is 0 Å². The minimum Gasteiger partial charge on any atom is -0.508 e. The maximum absolute atomic E-state index is 12.6. The van der Waals surface area contributed by atoms with Gasteiger partial charge >= 0.3 is 0 Å². The summed E-state index contributed by atoms with van der Waals surface area (Å²) in [5.41, 5.74) is 1.94. The van der Waals surface area contributed by atoms with Crippen LogP contribution in [-0.4, -0.2) is 26.3 Å². The van der Waals surface area contributed by atoms with Crippen LogP contribution in [0.5, 0.6) is 5.75 Å². The molecule has 0 radical (unpaired) electrons. The van der Waals surface area contributed by atoms with E-state index in [0.29, 0.717) is 21.9 Å². The first-order chi connectivity index (χ1) is 13.2. The van der Waals surface area contributed by atoms with E-state index in [-0.39, 0.29) is 11.3 Å². The monoisotopic (exact) mass is 376 g/mol. The van der Waals surface area contributed by atoms with E-state index in [2.05, 4.69) is 15.0 Å². The van der Waals surface area contributed by atoms with Crippen LogP contribution >= 0.6 is 11.8 Å². The maximum atomic E-state index is 12.6. The highest BCUT2D eigenvalue weighted by molar-refractivity contribution is 7.98.